The third kappa shape index (κ3) is 4.43. The lowest BCUT2D eigenvalue weighted by Crippen LogP contribution is -2.45. The quantitative estimate of drug-likeness (QED) is 0.684. The van der Waals surface area contributed by atoms with Gasteiger partial charge in [0.05, 0.1) is 5.92 Å². The van der Waals surface area contributed by atoms with Crippen LogP contribution in [0.3, 0.4) is 0 Å². The van der Waals surface area contributed by atoms with Crippen molar-refractivity contribution in [2.24, 2.45) is 17.3 Å². The lowest BCUT2D eigenvalue weighted by Gasteiger charge is -2.41. The van der Waals surface area contributed by atoms with Crippen LogP contribution in [-0.2, 0) is 16.0 Å². The molecule has 7 nitrogen and oxygen atoms in total. The van der Waals surface area contributed by atoms with Gasteiger partial charge in [0, 0.05) is 43.5 Å². The number of nitrogens with one attached hydrogen (secondary N) is 1. The zero-order valence-electron chi connectivity index (χ0n) is 18.8. The molecule has 1 aliphatic heterocycles. The average Bonchev–Trinajstić information content (AvgIpc) is 3.31. The first-order valence-corrected chi connectivity index (χ1v) is 12.0. The van der Waals surface area contributed by atoms with Crippen LogP contribution in [0.25, 0.3) is 11.4 Å². The van der Waals surface area contributed by atoms with Crippen molar-refractivity contribution in [3.8, 4) is 11.4 Å². The van der Waals surface area contributed by atoms with E-state index in [4.69, 9.17) is 4.52 Å². The Morgan fingerprint density at radius 1 is 1.22 bits per heavy atom. The summed E-state index contributed by atoms with van der Waals surface area (Å²) in [4.78, 5) is 32.1. The van der Waals surface area contributed by atoms with Gasteiger partial charge in [-0.2, -0.15) is 4.98 Å². The van der Waals surface area contributed by atoms with Crippen LogP contribution < -0.4 is 5.32 Å². The summed E-state index contributed by atoms with van der Waals surface area (Å²) in [5.74, 6) is 2.05. The maximum Gasteiger partial charge on any atom is 0.226 e. The van der Waals surface area contributed by atoms with Gasteiger partial charge in [-0.1, -0.05) is 41.4 Å². The molecule has 0 radical (unpaired) electrons. The molecule has 1 saturated heterocycles. The van der Waals surface area contributed by atoms with E-state index in [1.54, 1.807) is 0 Å². The van der Waals surface area contributed by atoms with E-state index in [-0.39, 0.29) is 23.1 Å². The highest BCUT2D eigenvalue weighted by Crippen LogP contribution is 2.52. The number of hydrogen-bond acceptors (Lipinski definition) is 5. The third-order valence-electron chi connectivity index (χ3n) is 7.49. The molecule has 1 aromatic carbocycles. The highest BCUT2D eigenvalue weighted by molar-refractivity contribution is 5.83. The summed E-state index contributed by atoms with van der Waals surface area (Å²) in [6.45, 7) is 4.13. The van der Waals surface area contributed by atoms with Gasteiger partial charge in [-0.15, -0.1) is 0 Å². The molecule has 1 atom stereocenters. The topological polar surface area (TPSA) is 88.3 Å². The second kappa shape index (κ2) is 8.68. The van der Waals surface area contributed by atoms with Crippen molar-refractivity contribution in [1.29, 1.82) is 0 Å². The first kappa shape index (κ1) is 21.2. The maximum absolute atomic E-state index is 12.9. The number of aryl methyl sites for hydroxylation is 2. The molecular formula is C25H32N4O3. The standard InChI is InChI=1S/C25H32N4O3/c1-17-6-10-19(11-7-17)23-27-21(32-28-23)4-2-5-22(30)29-15-20(25(16-29)12-3-13-25)24(31)26-14-18-8-9-18/h6-7,10-11,18,20H,2-5,8-9,12-16H2,1H3,(H,26,31). The van der Waals surface area contributed by atoms with Crippen molar-refractivity contribution in [2.75, 3.05) is 19.6 Å². The number of nitrogens with zero attached hydrogens (tertiary/aromatic N) is 3. The lowest BCUT2D eigenvalue weighted by molar-refractivity contribution is -0.130. The van der Waals surface area contributed by atoms with Gasteiger partial charge in [-0.05, 0) is 44.9 Å². The molecule has 1 aromatic heterocycles. The number of amides is 2. The molecule has 1 unspecified atom stereocenters. The molecule has 170 valence electrons. The van der Waals surface area contributed by atoms with Crippen LogP contribution in [0.4, 0.5) is 0 Å². The van der Waals surface area contributed by atoms with Gasteiger partial charge in [-0.25, -0.2) is 0 Å². The molecule has 2 saturated carbocycles. The zero-order valence-corrected chi connectivity index (χ0v) is 18.8. The second-order valence-electron chi connectivity index (χ2n) is 9.96. The van der Waals surface area contributed by atoms with Gasteiger partial charge in [0.15, 0.2) is 0 Å². The average molecular weight is 437 g/mol. The molecule has 7 heteroatoms. The summed E-state index contributed by atoms with van der Waals surface area (Å²) in [5.41, 5.74) is 2.12. The van der Waals surface area contributed by atoms with E-state index in [9.17, 15) is 9.59 Å². The fourth-order valence-electron chi connectivity index (χ4n) is 5.07. The lowest BCUT2D eigenvalue weighted by atomic mass is 9.62. The second-order valence-corrected chi connectivity index (χ2v) is 9.96. The third-order valence-corrected chi connectivity index (χ3v) is 7.49. The number of carbonyl (C=O) groups excluding carboxylic acids is 2. The predicted molar refractivity (Wildman–Crippen MR) is 119 cm³/mol. The van der Waals surface area contributed by atoms with E-state index < -0.39 is 0 Å². The van der Waals surface area contributed by atoms with E-state index in [0.29, 0.717) is 43.4 Å². The SMILES string of the molecule is Cc1ccc(-c2noc(CCCC(=O)N3CC(C(=O)NCC4CC4)C4(CCC4)C3)n2)cc1. The van der Waals surface area contributed by atoms with Gasteiger partial charge in [0.1, 0.15) is 0 Å². The number of likely N-dealkylation sites (tertiary alicyclic amines) is 1. The highest BCUT2D eigenvalue weighted by Gasteiger charge is 2.54. The number of carbonyl (C=O) groups is 2. The molecule has 32 heavy (non-hydrogen) atoms. The van der Waals surface area contributed by atoms with Crippen molar-refractivity contribution < 1.29 is 14.1 Å². The van der Waals surface area contributed by atoms with E-state index in [1.807, 2.05) is 36.1 Å². The molecule has 3 fully saturated rings. The normalized spacial score (nSPS) is 21.5. The summed E-state index contributed by atoms with van der Waals surface area (Å²) in [6, 6.07) is 8.01. The number of hydrogen-bond donors (Lipinski definition) is 1. The Morgan fingerprint density at radius 2 is 2.00 bits per heavy atom. The number of aromatic nitrogens is 2. The van der Waals surface area contributed by atoms with E-state index in [1.165, 1.54) is 18.4 Å². The fraction of sp³-hybridized carbons (Fsp3) is 0.600. The minimum absolute atomic E-state index is 0.0126. The molecule has 2 aromatic rings. The van der Waals surface area contributed by atoms with Gasteiger partial charge in [-0.3, -0.25) is 9.59 Å². The molecule has 1 spiro atoms. The van der Waals surface area contributed by atoms with Crippen LogP contribution in [0.2, 0.25) is 0 Å². The van der Waals surface area contributed by atoms with Crippen LogP contribution in [0, 0.1) is 24.2 Å². The van der Waals surface area contributed by atoms with Gasteiger partial charge in [0.2, 0.25) is 23.5 Å². The summed E-state index contributed by atoms with van der Waals surface area (Å²) >= 11 is 0. The van der Waals surface area contributed by atoms with Crippen molar-refractivity contribution >= 4 is 11.8 Å². The van der Waals surface area contributed by atoms with Crippen LogP contribution in [0.5, 0.6) is 0 Å². The highest BCUT2D eigenvalue weighted by atomic mass is 16.5. The van der Waals surface area contributed by atoms with Gasteiger partial charge in [0.25, 0.3) is 0 Å². The molecule has 2 heterocycles. The Labute approximate surface area is 188 Å². The minimum atomic E-state index is -0.0491. The molecule has 3 aliphatic rings. The van der Waals surface area contributed by atoms with Crippen LogP contribution in [0.15, 0.2) is 28.8 Å². The molecule has 2 amide bonds. The number of rotatable bonds is 8. The summed E-state index contributed by atoms with van der Waals surface area (Å²) in [6.07, 6.45) is 7.42. The molecule has 2 aliphatic carbocycles. The smallest absolute Gasteiger partial charge is 0.226 e. The van der Waals surface area contributed by atoms with Crippen molar-refractivity contribution in [3.05, 3.63) is 35.7 Å². The first-order chi connectivity index (χ1) is 15.5. The molecule has 5 rings (SSSR count). The molecule has 1 N–H and O–H groups in total. The van der Waals surface area contributed by atoms with Crippen LogP contribution in [0.1, 0.15) is 56.4 Å². The Kier molecular flexibility index (Phi) is 5.74. The molecule has 0 bridgehead atoms. The van der Waals surface area contributed by atoms with Crippen molar-refractivity contribution in [1.82, 2.24) is 20.4 Å². The Bertz CT molecular complexity index is 975. The predicted octanol–water partition coefficient (Wildman–Crippen LogP) is 3.52. The monoisotopic (exact) mass is 436 g/mol. The largest absolute Gasteiger partial charge is 0.356 e. The Hall–Kier alpha value is -2.70. The van der Waals surface area contributed by atoms with Crippen molar-refractivity contribution in [2.45, 2.75) is 58.3 Å². The Morgan fingerprint density at radius 3 is 2.69 bits per heavy atom. The van der Waals surface area contributed by atoms with E-state index >= 15 is 0 Å². The summed E-state index contributed by atoms with van der Waals surface area (Å²) < 4.78 is 5.38. The minimum Gasteiger partial charge on any atom is -0.356 e. The fourth-order valence-corrected chi connectivity index (χ4v) is 5.07. The maximum atomic E-state index is 12.9. The first-order valence-electron chi connectivity index (χ1n) is 12.0. The zero-order chi connectivity index (χ0) is 22.1. The Balaban J connectivity index is 1.12. The summed E-state index contributed by atoms with van der Waals surface area (Å²) in [5, 5.41) is 7.22. The van der Waals surface area contributed by atoms with Gasteiger partial charge < -0.3 is 14.7 Å². The van der Waals surface area contributed by atoms with E-state index in [2.05, 4.69) is 15.5 Å². The number of benzene rings is 1. The molecular weight excluding hydrogens is 404 g/mol. The van der Waals surface area contributed by atoms with Crippen molar-refractivity contribution in [3.63, 3.8) is 0 Å². The summed E-state index contributed by atoms with van der Waals surface area (Å²) in [7, 11) is 0. The van der Waals surface area contributed by atoms with E-state index in [0.717, 1.165) is 37.9 Å². The van der Waals surface area contributed by atoms with Gasteiger partial charge >= 0.3 is 0 Å². The van der Waals surface area contributed by atoms with Crippen LogP contribution in [-0.4, -0.2) is 46.5 Å². The van der Waals surface area contributed by atoms with Crippen LogP contribution >= 0.6 is 0 Å².